The van der Waals surface area contributed by atoms with Gasteiger partial charge in [-0.05, 0) is 88.3 Å². The van der Waals surface area contributed by atoms with E-state index in [2.05, 4.69) is 10.00 Å². The minimum absolute atomic E-state index is 0.0583. The Kier molecular flexibility index (Phi) is 6.56. The maximum Gasteiger partial charge on any atom is 0.435 e. The zero-order chi connectivity index (χ0) is 25.3. The molecule has 0 radical (unpaired) electrons. The molecule has 7 nitrogen and oxygen atoms in total. The zero-order valence-corrected chi connectivity index (χ0v) is 21.1. The molecule has 1 amide bonds. The van der Waals surface area contributed by atoms with Gasteiger partial charge in [-0.25, -0.2) is 4.79 Å². The first-order valence-corrected chi connectivity index (χ1v) is 12.7. The van der Waals surface area contributed by atoms with E-state index in [0.29, 0.717) is 12.0 Å². The molecule has 1 aromatic heterocycles. The van der Waals surface area contributed by atoms with Crippen LogP contribution in [0.3, 0.4) is 0 Å². The van der Waals surface area contributed by atoms with Crippen molar-refractivity contribution in [3.05, 3.63) is 83.2 Å². The maximum absolute atomic E-state index is 13.6. The topological polar surface area (TPSA) is 73.7 Å². The SMILES string of the molecule is CC(C)(C)Oc1ccc(C(=O)N(C2CC2)C2CCc3nn(C(=O)OCc4ccccc4)cc3C2)cc1. The van der Waals surface area contributed by atoms with Crippen molar-refractivity contribution in [3.8, 4) is 5.75 Å². The van der Waals surface area contributed by atoms with Crippen LogP contribution in [0.5, 0.6) is 5.75 Å². The molecule has 5 rings (SSSR count). The highest BCUT2D eigenvalue weighted by molar-refractivity contribution is 5.95. The van der Waals surface area contributed by atoms with Crippen molar-refractivity contribution >= 4 is 12.0 Å². The summed E-state index contributed by atoms with van der Waals surface area (Å²) in [4.78, 5) is 28.2. The van der Waals surface area contributed by atoms with Gasteiger partial charge < -0.3 is 14.4 Å². The minimum Gasteiger partial charge on any atom is -0.488 e. The van der Waals surface area contributed by atoms with Gasteiger partial charge in [-0.1, -0.05) is 30.3 Å². The van der Waals surface area contributed by atoms with Crippen molar-refractivity contribution in [1.29, 1.82) is 0 Å². The van der Waals surface area contributed by atoms with Crippen molar-refractivity contribution < 1.29 is 19.1 Å². The summed E-state index contributed by atoms with van der Waals surface area (Å²) in [5.41, 5.74) is 3.24. The predicted octanol–water partition coefficient (Wildman–Crippen LogP) is 5.41. The molecule has 0 saturated heterocycles. The van der Waals surface area contributed by atoms with Crippen LogP contribution in [0.15, 0.2) is 60.8 Å². The number of benzene rings is 2. The lowest BCUT2D eigenvalue weighted by Gasteiger charge is -2.34. The lowest BCUT2D eigenvalue weighted by Crippen LogP contribution is -2.44. The molecule has 1 heterocycles. The van der Waals surface area contributed by atoms with E-state index in [0.717, 1.165) is 48.3 Å². The monoisotopic (exact) mass is 487 g/mol. The molecule has 3 aromatic rings. The molecule has 0 bridgehead atoms. The van der Waals surface area contributed by atoms with Gasteiger partial charge in [0.25, 0.3) is 5.91 Å². The number of amides is 1. The van der Waals surface area contributed by atoms with Gasteiger partial charge in [-0.2, -0.15) is 9.78 Å². The van der Waals surface area contributed by atoms with Crippen LogP contribution < -0.4 is 4.74 Å². The highest BCUT2D eigenvalue weighted by atomic mass is 16.6. The standard InChI is InChI=1S/C29H33N3O4/c1-29(2,3)36-25-14-9-21(10-15-25)27(33)32(23-11-12-23)24-13-16-26-22(17-24)18-31(30-26)28(34)35-19-20-7-5-4-6-8-20/h4-10,14-15,18,23-24H,11-13,16-17,19H2,1-3H3. The molecule has 0 spiro atoms. The molecule has 2 aliphatic rings. The quantitative estimate of drug-likeness (QED) is 0.465. The van der Waals surface area contributed by atoms with Gasteiger partial charge in [0.2, 0.25) is 0 Å². The van der Waals surface area contributed by atoms with Crippen molar-refractivity contribution in [1.82, 2.24) is 14.7 Å². The van der Waals surface area contributed by atoms with E-state index in [1.54, 1.807) is 6.20 Å². The third-order valence-electron chi connectivity index (χ3n) is 6.53. The average Bonchev–Trinajstić information content (AvgIpc) is 3.59. The lowest BCUT2D eigenvalue weighted by atomic mass is 9.91. The molecule has 0 N–H and O–H groups in total. The fraction of sp³-hybridized carbons (Fsp3) is 0.414. The van der Waals surface area contributed by atoms with Crippen LogP contribution in [0, 0.1) is 0 Å². The number of aromatic nitrogens is 2. The Hall–Kier alpha value is -3.61. The molecule has 1 saturated carbocycles. The lowest BCUT2D eigenvalue weighted by molar-refractivity contribution is 0.0642. The molecule has 1 atom stereocenters. The first-order valence-electron chi connectivity index (χ1n) is 12.7. The molecule has 36 heavy (non-hydrogen) atoms. The van der Waals surface area contributed by atoms with Crippen molar-refractivity contribution in [3.63, 3.8) is 0 Å². The number of fused-ring (bicyclic) bond motifs is 1. The van der Waals surface area contributed by atoms with Crippen LogP contribution in [-0.4, -0.2) is 44.4 Å². The maximum atomic E-state index is 13.6. The molecule has 0 aliphatic heterocycles. The first kappa shape index (κ1) is 24.1. The van der Waals surface area contributed by atoms with Crippen LogP contribution in [0.2, 0.25) is 0 Å². The fourth-order valence-electron chi connectivity index (χ4n) is 4.75. The summed E-state index contributed by atoms with van der Waals surface area (Å²) in [6.07, 6.45) is 5.59. The fourth-order valence-corrected chi connectivity index (χ4v) is 4.75. The summed E-state index contributed by atoms with van der Waals surface area (Å²) in [5, 5.41) is 4.48. The van der Waals surface area contributed by atoms with Gasteiger partial charge in [0, 0.05) is 23.8 Å². The van der Waals surface area contributed by atoms with E-state index < -0.39 is 6.09 Å². The van der Waals surface area contributed by atoms with Crippen LogP contribution in [0.4, 0.5) is 4.79 Å². The van der Waals surface area contributed by atoms with Crippen LogP contribution in [0.25, 0.3) is 0 Å². The average molecular weight is 488 g/mol. The first-order chi connectivity index (χ1) is 17.3. The minimum atomic E-state index is -0.488. The van der Waals surface area contributed by atoms with E-state index in [-0.39, 0.29) is 30.2 Å². The largest absolute Gasteiger partial charge is 0.488 e. The van der Waals surface area contributed by atoms with E-state index in [9.17, 15) is 9.59 Å². The molecular weight excluding hydrogens is 454 g/mol. The summed E-state index contributed by atoms with van der Waals surface area (Å²) in [5.74, 6) is 0.814. The van der Waals surface area contributed by atoms with E-state index in [4.69, 9.17) is 9.47 Å². The number of hydrogen-bond donors (Lipinski definition) is 0. The molecule has 1 unspecified atom stereocenters. The second-order valence-electron chi connectivity index (χ2n) is 10.7. The van der Waals surface area contributed by atoms with Crippen molar-refractivity contribution in [2.24, 2.45) is 0 Å². The third kappa shape index (κ3) is 5.61. The van der Waals surface area contributed by atoms with Gasteiger partial charge in [0.05, 0.1) is 5.69 Å². The van der Waals surface area contributed by atoms with E-state index >= 15 is 0 Å². The van der Waals surface area contributed by atoms with Crippen molar-refractivity contribution in [2.75, 3.05) is 0 Å². The van der Waals surface area contributed by atoms with Gasteiger partial charge in [-0.3, -0.25) is 4.79 Å². The smallest absolute Gasteiger partial charge is 0.435 e. The Balaban J connectivity index is 1.26. The summed E-state index contributed by atoms with van der Waals surface area (Å²) >= 11 is 0. The third-order valence-corrected chi connectivity index (χ3v) is 6.53. The Morgan fingerprint density at radius 3 is 2.39 bits per heavy atom. The number of carbonyl (C=O) groups excluding carboxylic acids is 2. The highest BCUT2D eigenvalue weighted by Crippen LogP contribution is 2.35. The summed E-state index contributed by atoms with van der Waals surface area (Å²) in [6, 6.07) is 17.4. The molecule has 1 fully saturated rings. The van der Waals surface area contributed by atoms with E-state index in [1.807, 2.05) is 75.4 Å². The number of carbonyl (C=O) groups is 2. The van der Waals surface area contributed by atoms with E-state index in [1.165, 1.54) is 4.68 Å². The molecule has 2 aliphatic carbocycles. The summed E-state index contributed by atoms with van der Waals surface area (Å²) in [6.45, 7) is 6.21. The van der Waals surface area contributed by atoms with Gasteiger partial charge in [0.15, 0.2) is 0 Å². The normalized spacial score (nSPS) is 17.2. The Morgan fingerprint density at radius 2 is 1.72 bits per heavy atom. The van der Waals surface area contributed by atoms with Crippen LogP contribution >= 0.6 is 0 Å². The number of rotatable bonds is 6. The number of nitrogens with zero attached hydrogens (tertiary/aromatic N) is 3. The number of hydrogen-bond acceptors (Lipinski definition) is 5. The Morgan fingerprint density at radius 1 is 1.00 bits per heavy atom. The molecular formula is C29H33N3O4. The number of aryl methyl sites for hydroxylation is 1. The highest BCUT2D eigenvalue weighted by Gasteiger charge is 2.39. The van der Waals surface area contributed by atoms with Crippen LogP contribution in [0.1, 0.15) is 67.2 Å². The van der Waals surface area contributed by atoms with Crippen molar-refractivity contribution in [2.45, 2.75) is 77.2 Å². The van der Waals surface area contributed by atoms with Crippen LogP contribution in [-0.2, 0) is 24.2 Å². The summed E-state index contributed by atoms with van der Waals surface area (Å²) in [7, 11) is 0. The Bertz CT molecular complexity index is 1220. The second kappa shape index (κ2) is 9.80. The second-order valence-corrected chi connectivity index (χ2v) is 10.7. The summed E-state index contributed by atoms with van der Waals surface area (Å²) < 4.78 is 12.6. The molecule has 2 aromatic carbocycles. The van der Waals surface area contributed by atoms with Gasteiger partial charge >= 0.3 is 6.09 Å². The van der Waals surface area contributed by atoms with Gasteiger partial charge in [-0.15, -0.1) is 0 Å². The Labute approximate surface area is 212 Å². The zero-order valence-electron chi connectivity index (χ0n) is 21.1. The molecule has 188 valence electrons. The predicted molar refractivity (Wildman–Crippen MR) is 136 cm³/mol. The van der Waals surface area contributed by atoms with Gasteiger partial charge in [0.1, 0.15) is 18.0 Å². The number of ether oxygens (including phenoxy) is 2. The molecule has 7 heteroatoms.